The highest BCUT2D eigenvalue weighted by molar-refractivity contribution is 5.88. The van der Waals surface area contributed by atoms with Gasteiger partial charge in [0.1, 0.15) is 42.6 Å². The van der Waals surface area contributed by atoms with Gasteiger partial charge in [-0.15, -0.1) is 0 Å². The summed E-state index contributed by atoms with van der Waals surface area (Å²) in [5.74, 6) is -10.6. The molecule has 88 heavy (non-hydrogen) atoms. The summed E-state index contributed by atoms with van der Waals surface area (Å²) < 4.78 is 21.4. The maximum absolute atomic E-state index is 12.8. The number of Topliss-reactive ketones (excluding diaryl/α,β-unsaturated/α-hetero) is 3. The first kappa shape index (κ1) is 79.3. The van der Waals surface area contributed by atoms with E-state index in [1.54, 1.807) is 6.20 Å². The van der Waals surface area contributed by atoms with Crippen molar-refractivity contribution in [3.8, 4) is 0 Å². The normalized spacial score (nSPS) is 12.5. The average molecular weight is 1250 g/mol. The fraction of sp³-hybridized carbons (Fsp3) is 0.754. The summed E-state index contributed by atoms with van der Waals surface area (Å²) in [4.78, 5) is 151. The number of amides is 4. The van der Waals surface area contributed by atoms with Crippen LogP contribution in [0.15, 0.2) is 12.5 Å². The van der Waals surface area contributed by atoms with Gasteiger partial charge in [0.2, 0.25) is 23.6 Å². The number of hydrogen-bond donors (Lipinski definition) is 10. The number of carbonyl (C=O) groups is 12. The standard InChI is InChI=1S/C61H100N6O21/c68-48(19-17-34-85-36-38-87-43-56(74)64-33-35-86-37-39-88-42-55(73)63-32-16-15-18-45(58(77)78)22-25-49(69)26-24-47-41-62-44-65-47)27-29-51(60(81)82)67-54(72)31-23-46(59(79)80)40-50(70)28-30-52(61(83)84)66-53(71)20-13-11-9-7-5-3-1-2-4-6-8-10-12-14-21-57(75)76/h41,44-46,51-52H,1-40,42-43H2,(H,62,65)(H,63,73)(H,64,74)(H,66,71)(H,67,72)(H,75,76)(H,77,78)(H,79,80)(H,81,82)(H,83,84)/t45-,46-,51+,52+/m1/s1. The highest BCUT2D eigenvalue weighted by Gasteiger charge is 2.27. The Morgan fingerprint density at radius 3 is 1.39 bits per heavy atom. The number of carboxylic acid groups (broad SMARTS) is 5. The third-order valence-corrected chi connectivity index (χ3v) is 14.5. The Balaban J connectivity index is 2.11. The van der Waals surface area contributed by atoms with Gasteiger partial charge in [-0.05, 0) is 64.2 Å². The van der Waals surface area contributed by atoms with Crippen molar-refractivity contribution in [2.75, 3.05) is 65.9 Å². The smallest absolute Gasteiger partial charge is 0.326 e. The van der Waals surface area contributed by atoms with Crippen molar-refractivity contribution < 1.29 is 102 Å². The first-order chi connectivity index (χ1) is 42.3. The molecule has 4 atom stereocenters. The Hall–Kier alpha value is -6.71. The maximum atomic E-state index is 12.8. The number of nitrogens with zero attached hydrogens (tertiary/aromatic N) is 1. The minimum Gasteiger partial charge on any atom is -0.481 e. The minimum atomic E-state index is -1.44. The predicted molar refractivity (Wildman–Crippen MR) is 319 cm³/mol. The molecule has 0 radical (unpaired) electrons. The second kappa shape index (κ2) is 52.2. The summed E-state index contributed by atoms with van der Waals surface area (Å²) in [7, 11) is 0. The number of ether oxygens (including phenoxy) is 4. The molecule has 27 nitrogen and oxygen atoms in total. The molecule has 0 aliphatic carbocycles. The van der Waals surface area contributed by atoms with Gasteiger partial charge in [0.05, 0.1) is 51.2 Å². The summed E-state index contributed by atoms with van der Waals surface area (Å²) in [6.07, 6.45) is 18.7. The van der Waals surface area contributed by atoms with E-state index in [9.17, 15) is 78.0 Å². The van der Waals surface area contributed by atoms with Crippen LogP contribution in [0.1, 0.15) is 205 Å². The number of aromatic nitrogens is 2. The van der Waals surface area contributed by atoms with Crippen LogP contribution < -0.4 is 21.3 Å². The Morgan fingerprint density at radius 2 is 0.864 bits per heavy atom. The Morgan fingerprint density at radius 1 is 0.398 bits per heavy atom. The van der Waals surface area contributed by atoms with Gasteiger partial charge in [0.25, 0.3) is 0 Å². The largest absolute Gasteiger partial charge is 0.481 e. The topological polar surface area (TPSA) is 420 Å². The molecule has 1 rings (SSSR count). The zero-order valence-corrected chi connectivity index (χ0v) is 51.4. The zero-order valence-electron chi connectivity index (χ0n) is 51.4. The number of hydrogen-bond acceptors (Lipinski definition) is 17. The number of aromatic amines is 1. The van der Waals surface area contributed by atoms with Crippen molar-refractivity contribution in [1.82, 2.24) is 31.2 Å². The quantitative estimate of drug-likeness (QED) is 0.0351. The van der Waals surface area contributed by atoms with E-state index in [0.717, 1.165) is 69.9 Å². The third kappa shape index (κ3) is 46.4. The number of carboxylic acids is 5. The number of carbonyl (C=O) groups excluding carboxylic acids is 7. The second-order valence-corrected chi connectivity index (χ2v) is 22.0. The lowest BCUT2D eigenvalue weighted by Gasteiger charge is -2.17. The first-order valence-corrected chi connectivity index (χ1v) is 31.4. The minimum absolute atomic E-state index is 0.000941. The molecular formula is C61H100N6O21. The predicted octanol–water partition coefficient (Wildman–Crippen LogP) is 5.68. The molecular weight excluding hydrogens is 1150 g/mol. The monoisotopic (exact) mass is 1250 g/mol. The summed E-state index contributed by atoms with van der Waals surface area (Å²) >= 11 is 0. The molecule has 0 spiro atoms. The molecule has 0 saturated carbocycles. The van der Waals surface area contributed by atoms with Crippen LogP contribution in [-0.4, -0.2) is 184 Å². The van der Waals surface area contributed by atoms with E-state index >= 15 is 0 Å². The number of rotatable bonds is 62. The summed E-state index contributed by atoms with van der Waals surface area (Å²) in [5.41, 5.74) is 0.850. The van der Waals surface area contributed by atoms with Crippen LogP contribution in [0.3, 0.4) is 0 Å². The molecule has 0 aliphatic rings. The van der Waals surface area contributed by atoms with Crippen LogP contribution in [0.5, 0.6) is 0 Å². The van der Waals surface area contributed by atoms with E-state index in [0.29, 0.717) is 51.5 Å². The molecule has 4 amide bonds. The van der Waals surface area contributed by atoms with Crippen molar-refractivity contribution in [2.24, 2.45) is 11.8 Å². The van der Waals surface area contributed by atoms with Crippen LogP contribution in [-0.2, 0) is 82.9 Å². The third-order valence-electron chi connectivity index (χ3n) is 14.5. The Labute approximate surface area is 516 Å². The van der Waals surface area contributed by atoms with Gasteiger partial charge in [0, 0.05) is 89.4 Å². The lowest BCUT2D eigenvalue weighted by atomic mass is 9.94. The van der Waals surface area contributed by atoms with Crippen molar-refractivity contribution >= 4 is 70.8 Å². The van der Waals surface area contributed by atoms with E-state index in [4.69, 9.17) is 24.1 Å². The molecule has 0 aliphatic heterocycles. The molecule has 0 bridgehead atoms. The summed E-state index contributed by atoms with van der Waals surface area (Å²) in [6.45, 7) is 1.06. The van der Waals surface area contributed by atoms with Crippen LogP contribution in [0.25, 0.3) is 0 Å². The van der Waals surface area contributed by atoms with Gasteiger partial charge >= 0.3 is 29.8 Å². The van der Waals surface area contributed by atoms with Gasteiger partial charge in [-0.2, -0.15) is 0 Å². The second-order valence-electron chi connectivity index (χ2n) is 22.0. The van der Waals surface area contributed by atoms with Crippen molar-refractivity contribution in [3.63, 3.8) is 0 Å². The number of H-pyrrole nitrogens is 1. The highest BCUT2D eigenvalue weighted by atomic mass is 16.5. The molecule has 0 fully saturated rings. The Bertz CT molecular complexity index is 2200. The molecule has 1 aromatic heterocycles. The van der Waals surface area contributed by atoms with E-state index < -0.39 is 84.2 Å². The van der Waals surface area contributed by atoms with E-state index in [1.807, 2.05) is 0 Å². The molecule has 1 heterocycles. The number of aliphatic carboxylic acids is 5. The van der Waals surface area contributed by atoms with Crippen LogP contribution in [0, 0.1) is 11.8 Å². The zero-order chi connectivity index (χ0) is 65.0. The summed E-state index contributed by atoms with van der Waals surface area (Å²) in [5, 5.41) is 57.4. The number of unbranched alkanes of at least 4 members (excludes halogenated alkanes) is 14. The van der Waals surface area contributed by atoms with Crippen LogP contribution in [0.2, 0.25) is 0 Å². The number of ketones is 3. The van der Waals surface area contributed by atoms with Gasteiger partial charge in [-0.1, -0.05) is 83.5 Å². The molecule has 0 aromatic carbocycles. The molecule has 500 valence electrons. The summed E-state index contributed by atoms with van der Waals surface area (Å²) in [6, 6.07) is -2.79. The van der Waals surface area contributed by atoms with Crippen molar-refractivity contribution in [3.05, 3.63) is 18.2 Å². The fourth-order valence-electron chi connectivity index (χ4n) is 9.26. The van der Waals surface area contributed by atoms with Gasteiger partial charge < -0.3 is 70.7 Å². The van der Waals surface area contributed by atoms with Gasteiger partial charge in [-0.3, -0.25) is 47.9 Å². The van der Waals surface area contributed by atoms with E-state index in [-0.39, 0.29) is 147 Å². The number of nitrogens with one attached hydrogen (secondary N) is 5. The fourth-order valence-corrected chi connectivity index (χ4v) is 9.26. The Kier molecular flexibility index (Phi) is 47.1. The highest BCUT2D eigenvalue weighted by Crippen LogP contribution is 2.19. The van der Waals surface area contributed by atoms with Crippen molar-refractivity contribution in [1.29, 1.82) is 0 Å². The number of imidazole rings is 1. The average Bonchev–Trinajstić information content (AvgIpc) is 4.09. The van der Waals surface area contributed by atoms with E-state index in [2.05, 4.69) is 31.2 Å². The molecule has 10 N–H and O–H groups in total. The maximum Gasteiger partial charge on any atom is 0.326 e. The SMILES string of the molecule is O=C(O)CCCCCCCCCCCCCCCCC(=O)N[C@@H](CCC(=O)C[C@@H](CCC(=O)N[C@@H](CCC(=O)CCCOCCOCC(=O)NCCOCCOCC(=O)NCCCC[C@H](CCC(=O)CCc1cnc[nH]1)C(=O)O)C(=O)O)C(=O)O)C(=O)O. The molecule has 0 unspecified atom stereocenters. The number of aryl methyl sites for hydroxylation is 1. The molecule has 0 saturated heterocycles. The van der Waals surface area contributed by atoms with Crippen LogP contribution >= 0.6 is 0 Å². The van der Waals surface area contributed by atoms with E-state index in [1.165, 1.54) is 25.6 Å². The first-order valence-electron chi connectivity index (χ1n) is 31.4. The van der Waals surface area contributed by atoms with Gasteiger partial charge in [-0.25, -0.2) is 14.6 Å². The molecule has 27 heteroatoms. The van der Waals surface area contributed by atoms with Crippen molar-refractivity contribution in [2.45, 2.75) is 218 Å². The van der Waals surface area contributed by atoms with Gasteiger partial charge in [0.15, 0.2) is 0 Å². The van der Waals surface area contributed by atoms with Crippen LogP contribution in [0.4, 0.5) is 0 Å². The molecule has 1 aromatic rings. The lowest BCUT2D eigenvalue weighted by molar-refractivity contribution is -0.145. The lowest BCUT2D eigenvalue weighted by Crippen LogP contribution is -2.41.